The molecule has 4 nitrogen and oxygen atoms in total. The van der Waals surface area contributed by atoms with Gasteiger partial charge in [0.05, 0.1) is 12.7 Å². The molecule has 2 aliphatic heterocycles. The van der Waals surface area contributed by atoms with Crippen molar-refractivity contribution in [3.8, 4) is 5.75 Å². The first-order chi connectivity index (χ1) is 10.2. The van der Waals surface area contributed by atoms with Gasteiger partial charge in [0.15, 0.2) is 11.6 Å². The molecule has 1 atom stereocenters. The van der Waals surface area contributed by atoms with Crippen LogP contribution in [0.15, 0.2) is 18.2 Å². The van der Waals surface area contributed by atoms with Crippen LogP contribution in [-0.2, 0) is 9.47 Å². The van der Waals surface area contributed by atoms with Crippen LogP contribution in [0, 0.1) is 5.82 Å². The van der Waals surface area contributed by atoms with Crippen molar-refractivity contribution in [2.75, 3.05) is 32.2 Å². The SMILES string of the molecule is COc1cc(NC2CCOC3(CCOCC3)C2)ccc1F. The van der Waals surface area contributed by atoms with Crippen molar-refractivity contribution >= 4 is 5.69 Å². The van der Waals surface area contributed by atoms with E-state index < -0.39 is 0 Å². The van der Waals surface area contributed by atoms with E-state index >= 15 is 0 Å². The summed E-state index contributed by atoms with van der Waals surface area (Å²) < 4.78 is 29.9. The molecule has 0 saturated carbocycles. The predicted molar refractivity (Wildman–Crippen MR) is 78.3 cm³/mol. The molecule has 1 aromatic carbocycles. The third-order valence-electron chi connectivity index (χ3n) is 4.42. The number of anilines is 1. The second-order valence-electron chi connectivity index (χ2n) is 5.83. The molecular formula is C16H22FNO3. The van der Waals surface area contributed by atoms with Gasteiger partial charge in [0.2, 0.25) is 0 Å². The molecule has 2 heterocycles. The van der Waals surface area contributed by atoms with Crippen molar-refractivity contribution in [1.82, 2.24) is 0 Å². The number of ether oxygens (including phenoxy) is 3. The third-order valence-corrected chi connectivity index (χ3v) is 4.42. The molecule has 1 unspecified atom stereocenters. The van der Waals surface area contributed by atoms with E-state index in [1.54, 1.807) is 12.1 Å². The van der Waals surface area contributed by atoms with Crippen molar-refractivity contribution < 1.29 is 18.6 Å². The van der Waals surface area contributed by atoms with Crippen LogP contribution in [0.3, 0.4) is 0 Å². The Morgan fingerprint density at radius 3 is 2.86 bits per heavy atom. The summed E-state index contributed by atoms with van der Waals surface area (Å²) in [5.41, 5.74) is 0.848. The average Bonchev–Trinajstić information content (AvgIpc) is 2.50. The fourth-order valence-electron chi connectivity index (χ4n) is 3.23. The lowest BCUT2D eigenvalue weighted by Crippen LogP contribution is -2.47. The van der Waals surface area contributed by atoms with E-state index in [1.807, 2.05) is 0 Å². The Bertz CT molecular complexity index is 483. The maximum Gasteiger partial charge on any atom is 0.165 e. The van der Waals surface area contributed by atoms with E-state index in [0.717, 1.165) is 51.2 Å². The molecule has 2 fully saturated rings. The molecule has 0 aliphatic carbocycles. The highest BCUT2D eigenvalue weighted by Gasteiger charge is 2.38. The molecule has 0 bridgehead atoms. The van der Waals surface area contributed by atoms with Crippen LogP contribution in [-0.4, -0.2) is 38.6 Å². The largest absolute Gasteiger partial charge is 0.494 e. The quantitative estimate of drug-likeness (QED) is 0.930. The molecule has 1 N–H and O–H groups in total. The molecule has 1 spiro atoms. The van der Waals surface area contributed by atoms with Crippen LogP contribution in [0.5, 0.6) is 5.75 Å². The molecule has 1 aromatic rings. The average molecular weight is 295 g/mol. The van der Waals surface area contributed by atoms with Gasteiger partial charge in [0.1, 0.15) is 0 Å². The van der Waals surface area contributed by atoms with Gasteiger partial charge in [-0.25, -0.2) is 4.39 Å². The first-order valence-corrected chi connectivity index (χ1v) is 7.53. The molecule has 5 heteroatoms. The number of benzene rings is 1. The van der Waals surface area contributed by atoms with Crippen LogP contribution in [0.2, 0.25) is 0 Å². The Morgan fingerprint density at radius 1 is 1.29 bits per heavy atom. The predicted octanol–water partition coefficient (Wildman–Crippen LogP) is 2.97. The van der Waals surface area contributed by atoms with Gasteiger partial charge in [-0.2, -0.15) is 0 Å². The summed E-state index contributed by atoms with van der Waals surface area (Å²) in [6.07, 6.45) is 3.84. The van der Waals surface area contributed by atoms with Gasteiger partial charge in [-0.1, -0.05) is 0 Å². The highest BCUT2D eigenvalue weighted by molar-refractivity contribution is 5.49. The molecule has 21 heavy (non-hydrogen) atoms. The number of hydrogen-bond donors (Lipinski definition) is 1. The van der Waals surface area contributed by atoms with Crippen LogP contribution in [0.4, 0.5) is 10.1 Å². The van der Waals surface area contributed by atoms with Gasteiger partial charge >= 0.3 is 0 Å². The lowest BCUT2D eigenvalue weighted by molar-refractivity contribution is -0.135. The van der Waals surface area contributed by atoms with E-state index in [4.69, 9.17) is 14.2 Å². The van der Waals surface area contributed by atoms with E-state index in [-0.39, 0.29) is 17.2 Å². The van der Waals surface area contributed by atoms with Gasteiger partial charge in [0, 0.05) is 37.6 Å². The van der Waals surface area contributed by atoms with Gasteiger partial charge in [0.25, 0.3) is 0 Å². The lowest BCUT2D eigenvalue weighted by Gasteiger charge is -2.43. The zero-order valence-electron chi connectivity index (χ0n) is 12.4. The number of rotatable bonds is 3. The normalized spacial score (nSPS) is 24.8. The Labute approximate surface area is 124 Å². The minimum absolute atomic E-state index is 0.0434. The minimum atomic E-state index is -0.337. The van der Waals surface area contributed by atoms with E-state index in [9.17, 15) is 4.39 Å². The second kappa shape index (κ2) is 6.20. The van der Waals surface area contributed by atoms with Gasteiger partial charge in [-0.3, -0.25) is 0 Å². The minimum Gasteiger partial charge on any atom is -0.494 e. The second-order valence-corrected chi connectivity index (χ2v) is 5.83. The zero-order valence-corrected chi connectivity index (χ0v) is 12.4. The van der Waals surface area contributed by atoms with Gasteiger partial charge < -0.3 is 19.5 Å². The van der Waals surface area contributed by atoms with E-state index in [2.05, 4.69) is 5.32 Å². The van der Waals surface area contributed by atoms with Crippen molar-refractivity contribution in [3.63, 3.8) is 0 Å². The van der Waals surface area contributed by atoms with Crippen LogP contribution in [0.1, 0.15) is 25.7 Å². The smallest absolute Gasteiger partial charge is 0.165 e. The summed E-state index contributed by atoms with van der Waals surface area (Å²) in [6, 6.07) is 5.24. The molecule has 0 aromatic heterocycles. The van der Waals surface area contributed by atoms with E-state index in [1.165, 1.54) is 13.2 Å². The van der Waals surface area contributed by atoms with Crippen LogP contribution >= 0.6 is 0 Å². The molecule has 2 saturated heterocycles. The Morgan fingerprint density at radius 2 is 2.10 bits per heavy atom. The molecule has 116 valence electrons. The Hall–Kier alpha value is -1.33. The maximum atomic E-state index is 13.4. The summed E-state index contributed by atoms with van der Waals surface area (Å²) >= 11 is 0. The van der Waals surface area contributed by atoms with Gasteiger partial charge in [-0.15, -0.1) is 0 Å². The molecule has 2 aliphatic rings. The number of nitrogens with one attached hydrogen (secondary N) is 1. The number of hydrogen-bond acceptors (Lipinski definition) is 4. The standard InChI is InChI=1S/C16H22FNO3/c1-19-15-10-12(2-3-14(15)17)18-13-4-7-21-16(11-13)5-8-20-9-6-16/h2-3,10,13,18H,4-9,11H2,1H3. The summed E-state index contributed by atoms with van der Waals surface area (Å²) in [6.45, 7) is 2.31. The zero-order chi connectivity index (χ0) is 14.7. The molecular weight excluding hydrogens is 273 g/mol. The monoisotopic (exact) mass is 295 g/mol. The first-order valence-electron chi connectivity index (χ1n) is 7.53. The first kappa shape index (κ1) is 14.6. The van der Waals surface area contributed by atoms with Crippen LogP contribution in [0.25, 0.3) is 0 Å². The summed E-state index contributed by atoms with van der Waals surface area (Å²) in [4.78, 5) is 0. The summed E-state index contributed by atoms with van der Waals surface area (Å²) in [5.74, 6) is -0.0660. The maximum absolute atomic E-state index is 13.4. The van der Waals surface area contributed by atoms with E-state index in [0.29, 0.717) is 6.04 Å². The van der Waals surface area contributed by atoms with Crippen molar-refractivity contribution in [2.24, 2.45) is 0 Å². The van der Waals surface area contributed by atoms with Crippen LogP contribution < -0.4 is 10.1 Å². The molecule has 0 amide bonds. The Kier molecular flexibility index (Phi) is 4.31. The highest BCUT2D eigenvalue weighted by Crippen LogP contribution is 2.35. The fourth-order valence-corrected chi connectivity index (χ4v) is 3.23. The molecule has 3 rings (SSSR count). The summed E-state index contributed by atoms with van der Waals surface area (Å²) in [5, 5.41) is 3.49. The fraction of sp³-hybridized carbons (Fsp3) is 0.625. The topological polar surface area (TPSA) is 39.7 Å². The Balaban J connectivity index is 1.67. The highest BCUT2D eigenvalue weighted by atomic mass is 19.1. The van der Waals surface area contributed by atoms with Crippen molar-refractivity contribution in [2.45, 2.75) is 37.3 Å². The molecule has 0 radical (unpaired) electrons. The summed E-state index contributed by atoms with van der Waals surface area (Å²) in [7, 11) is 1.48. The lowest BCUT2D eigenvalue weighted by atomic mass is 9.84. The third kappa shape index (κ3) is 3.30. The van der Waals surface area contributed by atoms with Gasteiger partial charge in [-0.05, 0) is 37.8 Å². The van der Waals surface area contributed by atoms with Crippen molar-refractivity contribution in [1.29, 1.82) is 0 Å². The number of halogens is 1. The van der Waals surface area contributed by atoms with Crippen molar-refractivity contribution in [3.05, 3.63) is 24.0 Å². The number of methoxy groups -OCH3 is 1.